The minimum Gasteiger partial charge on any atom is -0.497 e. The highest BCUT2D eigenvalue weighted by atomic mass is 19.2. The Labute approximate surface area is 70.6 Å². The molecule has 0 aromatic heterocycles. The molecule has 0 bridgehead atoms. The third kappa shape index (κ3) is 1.95. The summed E-state index contributed by atoms with van der Waals surface area (Å²) in [6.07, 6.45) is 0. The molecule has 1 rings (SSSR count). The quantitative estimate of drug-likeness (QED) is 0.733. The minimum atomic E-state index is -2.30. The van der Waals surface area contributed by atoms with Gasteiger partial charge in [0.1, 0.15) is 5.75 Å². The molecule has 0 saturated heterocycles. The van der Waals surface area contributed by atoms with Crippen molar-refractivity contribution >= 4 is 0 Å². The summed E-state index contributed by atoms with van der Waals surface area (Å²) in [7, 11) is 1.49. The monoisotopic (exact) mass is 170 g/mol. The van der Waals surface area contributed by atoms with E-state index < -0.39 is 5.85 Å². The molecule has 66 valence electrons. The summed E-state index contributed by atoms with van der Waals surface area (Å²) in [4.78, 5) is 0. The van der Waals surface area contributed by atoms with E-state index in [2.05, 4.69) is 0 Å². The number of benzene rings is 1. The second kappa shape index (κ2) is 3.11. The van der Waals surface area contributed by atoms with Crippen LogP contribution in [0.2, 0.25) is 0 Å². The van der Waals surface area contributed by atoms with Crippen LogP contribution in [0.1, 0.15) is 12.5 Å². The molecule has 0 saturated carbocycles. The summed E-state index contributed by atoms with van der Waals surface area (Å²) in [5.74, 6) is -1.76. The molecule has 1 N–H and O–H groups in total. The molecule has 1 aromatic carbocycles. The summed E-state index contributed by atoms with van der Waals surface area (Å²) >= 11 is 0. The molecule has 0 amide bonds. The molecule has 1 aromatic rings. The molecule has 0 fully saturated rings. The van der Waals surface area contributed by atoms with Crippen molar-refractivity contribution in [2.75, 3.05) is 7.11 Å². The third-order valence-corrected chi connectivity index (χ3v) is 1.60. The fourth-order valence-corrected chi connectivity index (χ4v) is 0.907. The van der Waals surface area contributed by atoms with E-state index in [9.17, 15) is 4.39 Å². The van der Waals surface area contributed by atoms with Crippen LogP contribution in [0.4, 0.5) is 4.39 Å². The molecule has 2 nitrogen and oxygen atoms in total. The van der Waals surface area contributed by atoms with Crippen molar-refractivity contribution in [1.82, 2.24) is 0 Å². The largest absolute Gasteiger partial charge is 0.497 e. The second-order valence-corrected chi connectivity index (χ2v) is 2.69. The Morgan fingerprint density at radius 2 is 2.17 bits per heavy atom. The van der Waals surface area contributed by atoms with Gasteiger partial charge in [-0.05, 0) is 19.1 Å². The van der Waals surface area contributed by atoms with E-state index in [1.165, 1.54) is 19.2 Å². The minimum absolute atomic E-state index is 0.196. The van der Waals surface area contributed by atoms with Crippen molar-refractivity contribution in [2.45, 2.75) is 12.8 Å². The molecule has 1 unspecified atom stereocenters. The molecule has 0 aliphatic heterocycles. The first-order valence-corrected chi connectivity index (χ1v) is 3.60. The maximum Gasteiger partial charge on any atom is 0.230 e. The molecule has 0 heterocycles. The molecular weight excluding hydrogens is 159 g/mol. The van der Waals surface area contributed by atoms with Gasteiger partial charge in [0, 0.05) is 5.56 Å². The number of alkyl halides is 1. The Morgan fingerprint density at radius 3 is 2.67 bits per heavy atom. The van der Waals surface area contributed by atoms with Gasteiger partial charge in [0.05, 0.1) is 7.11 Å². The fourth-order valence-electron chi connectivity index (χ4n) is 0.907. The Bertz CT molecular complexity index is 265. The Morgan fingerprint density at radius 1 is 1.50 bits per heavy atom. The van der Waals surface area contributed by atoms with Crippen LogP contribution in [0.15, 0.2) is 24.3 Å². The lowest BCUT2D eigenvalue weighted by Gasteiger charge is -2.13. The number of hydrogen-bond donors (Lipinski definition) is 1. The molecule has 12 heavy (non-hydrogen) atoms. The van der Waals surface area contributed by atoms with Crippen molar-refractivity contribution < 1.29 is 14.2 Å². The van der Waals surface area contributed by atoms with Gasteiger partial charge in [-0.25, -0.2) is 4.39 Å². The standard InChI is InChI=1S/C9H11FO2/c1-9(10,11)7-4-3-5-8(6-7)12-2/h3-6,11H,1-2H3. The number of hydrogen-bond acceptors (Lipinski definition) is 2. The van der Waals surface area contributed by atoms with Gasteiger partial charge in [-0.3, -0.25) is 0 Å². The van der Waals surface area contributed by atoms with Crippen LogP contribution in [0.25, 0.3) is 0 Å². The number of ether oxygens (including phenoxy) is 1. The first-order valence-electron chi connectivity index (χ1n) is 3.60. The van der Waals surface area contributed by atoms with Gasteiger partial charge in [0.15, 0.2) is 0 Å². The smallest absolute Gasteiger partial charge is 0.230 e. The van der Waals surface area contributed by atoms with Gasteiger partial charge in [-0.2, -0.15) is 0 Å². The second-order valence-electron chi connectivity index (χ2n) is 2.69. The molecule has 3 heteroatoms. The zero-order chi connectivity index (χ0) is 9.19. The zero-order valence-electron chi connectivity index (χ0n) is 7.04. The number of methoxy groups -OCH3 is 1. The van der Waals surface area contributed by atoms with Gasteiger partial charge in [-0.1, -0.05) is 12.1 Å². The number of aliphatic hydroxyl groups is 1. The normalized spacial score (nSPS) is 15.3. The first-order chi connectivity index (χ1) is 5.54. The highest BCUT2D eigenvalue weighted by Crippen LogP contribution is 2.24. The van der Waals surface area contributed by atoms with Crippen LogP contribution in [-0.2, 0) is 5.85 Å². The van der Waals surface area contributed by atoms with Crippen LogP contribution in [-0.4, -0.2) is 12.2 Å². The van der Waals surface area contributed by atoms with Gasteiger partial charge in [-0.15, -0.1) is 0 Å². The van der Waals surface area contributed by atoms with Crippen molar-refractivity contribution in [3.63, 3.8) is 0 Å². The topological polar surface area (TPSA) is 29.5 Å². The lowest BCUT2D eigenvalue weighted by molar-refractivity contribution is -0.0770. The predicted molar refractivity (Wildman–Crippen MR) is 43.7 cm³/mol. The third-order valence-electron chi connectivity index (χ3n) is 1.60. The summed E-state index contributed by atoms with van der Waals surface area (Å²) < 4.78 is 17.8. The maximum atomic E-state index is 12.9. The van der Waals surface area contributed by atoms with Gasteiger partial charge in [0.25, 0.3) is 0 Å². The predicted octanol–water partition coefficient (Wildman–Crippen LogP) is 1.83. The van der Waals surface area contributed by atoms with E-state index in [0.29, 0.717) is 5.75 Å². The summed E-state index contributed by atoms with van der Waals surface area (Å²) in [5.41, 5.74) is 0.196. The number of halogens is 1. The lowest BCUT2D eigenvalue weighted by atomic mass is 10.1. The Balaban J connectivity index is 3.02. The Kier molecular flexibility index (Phi) is 2.33. The molecule has 0 radical (unpaired) electrons. The van der Waals surface area contributed by atoms with Crippen molar-refractivity contribution in [2.24, 2.45) is 0 Å². The first kappa shape index (κ1) is 9.00. The van der Waals surface area contributed by atoms with E-state index in [0.717, 1.165) is 6.92 Å². The summed E-state index contributed by atoms with van der Waals surface area (Å²) in [6.45, 7) is 1.09. The van der Waals surface area contributed by atoms with E-state index in [1.807, 2.05) is 0 Å². The van der Waals surface area contributed by atoms with Crippen LogP contribution in [0.5, 0.6) is 5.75 Å². The van der Waals surface area contributed by atoms with Crippen molar-refractivity contribution in [3.05, 3.63) is 29.8 Å². The van der Waals surface area contributed by atoms with Crippen LogP contribution < -0.4 is 4.74 Å². The van der Waals surface area contributed by atoms with Crippen LogP contribution in [0.3, 0.4) is 0 Å². The van der Waals surface area contributed by atoms with E-state index in [-0.39, 0.29) is 5.56 Å². The fraction of sp³-hybridized carbons (Fsp3) is 0.333. The van der Waals surface area contributed by atoms with Gasteiger partial charge >= 0.3 is 0 Å². The molecule has 0 aliphatic rings. The van der Waals surface area contributed by atoms with Crippen LogP contribution >= 0.6 is 0 Å². The Hall–Kier alpha value is -1.09. The van der Waals surface area contributed by atoms with E-state index >= 15 is 0 Å². The summed E-state index contributed by atoms with van der Waals surface area (Å²) in [6, 6.07) is 6.28. The van der Waals surface area contributed by atoms with Crippen molar-refractivity contribution in [1.29, 1.82) is 0 Å². The molecule has 1 atom stereocenters. The SMILES string of the molecule is COc1cccc(C(C)(O)F)c1. The average Bonchev–Trinajstić information content (AvgIpc) is 2.03. The summed E-state index contributed by atoms with van der Waals surface area (Å²) in [5, 5.41) is 8.99. The molecular formula is C9H11FO2. The van der Waals surface area contributed by atoms with Gasteiger partial charge < -0.3 is 9.84 Å². The van der Waals surface area contributed by atoms with Gasteiger partial charge in [0.2, 0.25) is 5.85 Å². The highest BCUT2D eigenvalue weighted by molar-refractivity contribution is 5.30. The number of rotatable bonds is 2. The molecule has 0 aliphatic carbocycles. The lowest BCUT2D eigenvalue weighted by Crippen LogP contribution is -2.13. The zero-order valence-corrected chi connectivity index (χ0v) is 7.04. The average molecular weight is 170 g/mol. The maximum absolute atomic E-state index is 12.9. The van der Waals surface area contributed by atoms with E-state index in [4.69, 9.17) is 9.84 Å². The van der Waals surface area contributed by atoms with Crippen LogP contribution in [0, 0.1) is 0 Å². The van der Waals surface area contributed by atoms with Crippen molar-refractivity contribution in [3.8, 4) is 5.75 Å². The van der Waals surface area contributed by atoms with E-state index in [1.54, 1.807) is 12.1 Å². The molecule has 0 spiro atoms. The highest BCUT2D eigenvalue weighted by Gasteiger charge is 2.21.